The highest BCUT2D eigenvalue weighted by Gasteiger charge is 2.17. The van der Waals surface area contributed by atoms with Crippen LogP contribution in [-0.2, 0) is 0 Å². The van der Waals surface area contributed by atoms with Gasteiger partial charge in [-0.2, -0.15) is 5.10 Å². The van der Waals surface area contributed by atoms with Gasteiger partial charge < -0.3 is 10.4 Å². The fraction of sp³-hybridized carbons (Fsp3) is 0. The third kappa shape index (κ3) is 2.58. The van der Waals surface area contributed by atoms with E-state index in [4.69, 9.17) is 0 Å². The molecule has 3 aromatic rings. The number of carbonyl (C=O) groups excluding carboxylic acids is 1. The number of benzene rings is 2. The van der Waals surface area contributed by atoms with E-state index in [1.165, 1.54) is 12.1 Å². The minimum Gasteiger partial charge on any atom is -0.478 e. The van der Waals surface area contributed by atoms with E-state index in [9.17, 15) is 14.7 Å². The molecule has 0 saturated carbocycles. The van der Waals surface area contributed by atoms with Crippen LogP contribution in [0.2, 0.25) is 0 Å². The third-order valence-electron chi connectivity index (χ3n) is 3.15. The van der Waals surface area contributed by atoms with E-state index < -0.39 is 11.9 Å². The molecule has 1 heterocycles. The van der Waals surface area contributed by atoms with Crippen LogP contribution in [-0.4, -0.2) is 27.2 Å². The van der Waals surface area contributed by atoms with Gasteiger partial charge in [0.25, 0.3) is 5.91 Å². The van der Waals surface area contributed by atoms with Crippen LogP contribution in [0, 0.1) is 0 Å². The maximum Gasteiger partial charge on any atom is 0.337 e. The Morgan fingerprint density at radius 3 is 2.73 bits per heavy atom. The van der Waals surface area contributed by atoms with Crippen molar-refractivity contribution in [3.63, 3.8) is 0 Å². The fourth-order valence-corrected chi connectivity index (χ4v) is 2.48. The van der Waals surface area contributed by atoms with E-state index in [1.54, 1.807) is 24.3 Å². The maximum absolute atomic E-state index is 12.4. The summed E-state index contributed by atoms with van der Waals surface area (Å²) in [6, 6.07) is 11.8. The van der Waals surface area contributed by atoms with Crippen molar-refractivity contribution < 1.29 is 14.7 Å². The zero-order chi connectivity index (χ0) is 15.7. The minimum absolute atomic E-state index is 0.00238. The molecule has 7 heteroatoms. The minimum atomic E-state index is -1.12. The number of aromatic amines is 1. The lowest BCUT2D eigenvalue weighted by Crippen LogP contribution is -2.15. The molecule has 1 aromatic heterocycles. The summed E-state index contributed by atoms with van der Waals surface area (Å²) in [6.07, 6.45) is 0. The summed E-state index contributed by atoms with van der Waals surface area (Å²) >= 11 is 3.21. The highest BCUT2D eigenvalue weighted by atomic mass is 79.9. The quantitative estimate of drug-likeness (QED) is 0.668. The van der Waals surface area contributed by atoms with Crippen molar-refractivity contribution in [3.05, 3.63) is 58.2 Å². The normalized spacial score (nSPS) is 10.6. The predicted molar refractivity (Wildman–Crippen MR) is 85.1 cm³/mol. The number of aromatic carboxylic acids is 1. The van der Waals surface area contributed by atoms with E-state index in [2.05, 4.69) is 31.4 Å². The van der Waals surface area contributed by atoms with Crippen LogP contribution < -0.4 is 5.32 Å². The molecule has 0 atom stereocenters. The molecule has 3 rings (SSSR count). The van der Waals surface area contributed by atoms with Gasteiger partial charge in [0.1, 0.15) is 0 Å². The first kappa shape index (κ1) is 14.3. The molecule has 0 saturated heterocycles. The van der Waals surface area contributed by atoms with Crippen LogP contribution in [0.25, 0.3) is 10.9 Å². The number of halogens is 1. The van der Waals surface area contributed by atoms with Crippen LogP contribution >= 0.6 is 15.9 Å². The number of carboxylic acid groups (broad SMARTS) is 1. The molecule has 6 nitrogen and oxygen atoms in total. The van der Waals surface area contributed by atoms with Gasteiger partial charge in [-0.3, -0.25) is 9.89 Å². The maximum atomic E-state index is 12.4. The van der Waals surface area contributed by atoms with Crippen molar-refractivity contribution in [2.24, 2.45) is 0 Å². The number of fused-ring (bicyclic) bond motifs is 1. The highest BCUT2D eigenvalue weighted by Crippen LogP contribution is 2.23. The van der Waals surface area contributed by atoms with Crippen LogP contribution in [0.1, 0.15) is 20.8 Å². The number of nitrogens with one attached hydrogen (secondary N) is 2. The summed E-state index contributed by atoms with van der Waals surface area (Å²) in [7, 11) is 0. The molecule has 0 aliphatic rings. The zero-order valence-electron chi connectivity index (χ0n) is 11.1. The smallest absolute Gasteiger partial charge is 0.337 e. The summed E-state index contributed by atoms with van der Waals surface area (Å²) in [6.45, 7) is 0. The Morgan fingerprint density at radius 1 is 1.18 bits per heavy atom. The van der Waals surface area contributed by atoms with Gasteiger partial charge >= 0.3 is 5.97 Å². The molecule has 0 fully saturated rings. The van der Waals surface area contributed by atoms with Crippen LogP contribution in [0.15, 0.2) is 46.9 Å². The summed E-state index contributed by atoms with van der Waals surface area (Å²) in [5.41, 5.74) is 1.17. The van der Waals surface area contributed by atoms with E-state index in [0.29, 0.717) is 9.86 Å². The SMILES string of the molecule is O=C(O)c1cc(Br)ccc1NC(=O)c1n[nH]c2ccccc12. The number of hydrogen-bond donors (Lipinski definition) is 3. The average molecular weight is 360 g/mol. The molecule has 0 radical (unpaired) electrons. The van der Waals surface area contributed by atoms with Crippen LogP contribution in [0.3, 0.4) is 0 Å². The van der Waals surface area contributed by atoms with Crippen molar-refractivity contribution in [1.29, 1.82) is 0 Å². The van der Waals surface area contributed by atoms with Gasteiger partial charge in [-0.05, 0) is 24.3 Å². The molecular weight excluding hydrogens is 350 g/mol. The van der Waals surface area contributed by atoms with Gasteiger partial charge in [0.15, 0.2) is 5.69 Å². The lowest BCUT2D eigenvalue weighted by Gasteiger charge is -2.08. The van der Waals surface area contributed by atoms with E-state index in [1.807, 2.05) is 6.07 Å². The van der Waals surface area contributed by atoms with Crippen molar-refractivity contribution in [3.8, 4) is 0 Å². The molecule has 1 amide bonds. The second kappa shape index (κ2) is 5.61. The van der Waals surface area contributed by atoms with E-state index in [0.717, 1.165) is 5.52 Å². The Labute approximate surface area is 133 Å². The molecular formula is C15H10BrN3O3. The Balaban J connectivity index is 1.97. The number of carboxylic acids is 1. The standard InChI is InChI=1S/C15H10BrN3O3/c16-8-5-6-11(10(7-8)15(21)22)17-14(20)13-9-3-1-2-4-12(9)18-19-13/h1-7H,(H,17,20)(H,18,19)(H,21,22). The Kier molecular flexibility index (Phi) is 3.64. The Morgan fingerprint density at radius 2 is 1.95 bits per heavy atom. The fourth-order valence-electron chi connectivity index (χ4n) is 2.12. The number of amides is 1. The van der Waals surface area contributed by atoms with E-state index >= 15 is 0 Å². The van der Waals surface area contributed by atoms with Gasteiger partial charge in [0.05, 0.1) is 16.8 Å². The molecule has 0 spiro atoms. The lowest BCUT2D eigenvalue weighted by molar-refractivity contribution is 0.0698. The number of aromatic nitrogens is 2. The molecule has 110 valence electrons. The first-order chi connectivity index (χ1) is 10.6. The number of para-hydroxylation sites is 1. The van der Waals surface area contributed by atoms with Gasteiger partial charge in [-0.1, -0.05) is 34.1 Å². The Hall–Kier alpha value is -2.67. The molecule has 3 N–H and O–H groups in total. The molecule has 0 unspecified atom stereocenters. The number of carbonyl (C=O) groups is 2. The molecule has 0 bridgehead atoms. The molecule has 0 aliphatic carbocycles. The number of anilines is 1. The number of nitrogens with zero attached hydrogens (tertiary/aromatic N) is 1. The molecule has 22 heavy (non-hydrogen) atoms. The number of hydrogen-bond acceptors (Lipinski definition) is 3. The van der Waals surface area contributed by atoms with Gasteiger partial charge in [-0.25, -0.2) is 4.79 Å². The zero-order valence-corrected chi connectivity index (χ0v) is 12.7. The van der Waals surface area contributed by atoms with Crippen LogP contribution in [0.4, 0.5) is 5.69 Å². The summed E-state index contributed by atoms with van der Waals surface area (Å²) in [5.74, 6) is -1.59. The number of H-pyrrole nitrogens is 1. The van der Waals surface area contributed by atoms with Gasteiger partial charge in [0, 0.05) is 9.86 Å². The van der Waals surface area contributed by atoms with E-state index in [-0.39, 0.29) is 16.9 Å². The first-order valence-electron chi connectivity index (χ1n) is 6.33. The summed E-state index contributed by atoms with van der Waals surface area (Å²) < 4.78 is 0.619. The number of rotatable bonds is 3. The largest absolute Gasteiger partial charge is 0.478 e. The summed E-state index contributed by atoms with van der Waals surface area (Å²) in [4.78, 5) is 23.6. The van der Waals surface area contributed by atoms with Crippen LogP contribution in [0.5, 0.6) is 0 Å². The van der Waals surface area contributed by atoms with Crippen molar-refractivity contribution in [2.45, 2.75) is 0 Å². The monoisotopic (exact) mass is 359 g/mol. The van der Waals surface area contributed by atoms with Gasteiger partial charge in [0.2, 0.25) is 0 Å². The lowest BCUT2D eigenvalue weighted by atomic mass is 10.1. The van der Waals surface area contributed by atoms with Gasteiger partial charge in [-0.15, -0.1) is 0 Å². The van der Waals surface area contributed by atoms with Crippen molar-refractivity contribution in [2.75, 3.05) is 5.32 Å². The summed E-state index contributed by atoms with van der Waals surface area (Å²) in [5, 5.41) is 19.2. The highest BCUT2D eigenvalue weighted by molar-refractivity contribution is 9.10. The second-order valence-electron chi connectivity index (χ2n) is 4.57. The first-order valence-corrected chi connectivity index (χ1v) is 7.13. The third-order valence-corrected chi connectivity index (χ3v) is 3.64. The molecule has 0 aliphatic heterocycles. The Bertz CT molecular complexity index is 889. The van der Waals surface area contributed by atoms with Crippen molar-refractivity contribution in [1.82, 2.24) is 10.2 Å². The van der Waals surface area contributed by atoms with Crippen molar-refractivity contribution >= 4 is 44.4 Å². The second-order valence-corrected chi connectivity index (χ2v) is 5.48. The molecule has 2 aromatic carbocycles. The predicted octanol–water partition coefficient (Wildman–Crippen LogP) is 3.28. The topological polar surface area (TPSA) is 95.1 Å². The average Bonchev–Trinajstić information content (AvgIpc) is 2.93.